The Bertz CT molecular complexity index is 1120. The molecule has 0 bridgehead atoms. The fraction of sp³-hybridized carbons (Fsp3) is 0.158. The van der Waals surface area contributed by atoms with Crippen LogP contribution in [0.4, 0.5) is 10.2 Å². The van der Waals surface area contributed by atoms with Crippen molar-refractivity contribution >= 4 is 22.8 Å². The average Bonchev–Trinajstić information content (AvgIpc) is 3.26. The van der Waals surface area contributed by atoms with Crippen LogP contribution in [0.25, 0.3) is 22.6 Å². The average molecular weight is 365 g/mol. The molecule has 0 atom stereocenters. The van der Waals surface area contributed by atoms with Gasteiger partial charge in [-0.1, -0.05) is 31.2 Å². The van der Waals surface area contributed by atoms with E-state index in [1.54, 1.807) is 13.0 Å². The van der Waals surface area contributed by atoms with E-state index in [0.717, 1.165) is 16.6 Å². The van der Waals surface area contributed by atoms with Crippen molar-refractivity contribution in [2.45, 2.75) is 19.9 Å². The summed E-state index contributed by atoms with van der Waals surface area (Å²) in [6.45, 7) is 2.11. The summed E-state index contributed by atoms with van der Waals surface area (Å²) in [5.41, 5.74) is 2.70. The zero-order chi connectivity index (χ0) is 18.8. The number of halogens is 1. The van der Waals surface area contributed by atoms with Crippen molar-refractivity contribution < 1.29 is 13.8 Å². The third-order valence-corrected chi connectivity index (χ3v) is 4.16. The first-order valence-electron chi connectivity index (χ1n) is 8.48. The molecule has 0 radical (unpaired) electrons. The molecule has 1 amide bonds. The summed E-state index contributed by atoms with van der Waals surface area (Å²) >= 11 is 0. The molecule has 4 rings (SSSR count). The van der Waals surface area contributed by atoms with Gasteiger partial charge in [-0.25, -0.2) is 14.0 Å². The summed E-state index contributed by atoms with van der Waals surface area (Å²) in [6, 6.07) is 13.9. The van der Waals surface area contributed by atoms with Crippen molar-refractivity contribution in [3.63, 3.8) is 0 Å². The standard InChI is InChI=1S/C19H16FN5O2/c1-2-16(26)22-18-17(23-27-24-18)19-21-14-8-3-4-9-15(14)25(19)11-12-6-5-7-13(20)10-12/h3-10H,2,11H2,1H3,(H,22,24,26). The highest BCUT2D eigenvalue weighted by molar-refractivity contribution is 5.93. The van der Waals surface area contributed by atoms with Gasteiger partial charge < -0.3 is 9.88 Å². The van der Waals surface area contributed by atoms with E-state index in [4.69, 9.17) is 4.63 Å². The van der Waals surface area contributed by atoms with Gasteiger partial charge in [-0.15, -0.1) is 0 Å². The molecule has 2 heterocycles. The Morgan fingerprint density at radius 2 is 2.04 bits per heavy atom. The van der Waals surface area contributed by atoms with Gasteiger partial charge in [-0.2, -0.15) is 0 Å². The number of nitrogens with zero attached hydrogens (tertiary/aromatic N) is 4. The summed E-state index contributed by atoms with van der Waals surface area (Å²) < 4.78 is 20.4. The van der Waals surface area contributed by atoms with E-state index in [1.165, 1.54) is 12.1 Å². The molecule has 0 fully saturated rings. The molecule has 8 heteroatoms. The van der Waals surface area contributed by atoms with Crippen molar-refractivity contribution in [2.24, 2.45) is 0 Å². The largest absolute Gasteiger partial charge is 0.318 e. The Kier molecular flexibility index (Phi) is 4.37. The molecule has 1 N–H and O–H groups in total. The second-order valence-electron chi connectivity index (χ2n) is 6.00. The van der Waals surface area contributed by atoms with E-state index < -0.39 is 0 Å². The van der Waals surface area contributed by atoms with Crippen LogP contribution in [0.2, 0.25) is 0 Å². The van der Waals surface area contributed by atoms with Gasteiger partial charge in [0.1, 0.15) is 5.82 Å². The van der Waals surface area contributed by atoms with Crippen LogP contribution in [0.3, 0.4) is 0 Å². The van der Waals surface area contributed by atoms with E-state index in [1.807, 2.05) is 34.9 Å². The second-order valence-corrected chi connectivity index (χ2v) is 6.00. The quantitative estimate of drug-likeness (QED) is 0.584. The van der Waals surface area contributed by atoms with Gasteiger partial charge in [0.2, 0.25) is 11.7 Å². The van der Waals surface area contributed by atoms with Crippen molar-refractivity contribution in [1.82, 2.24) is 19.9 Å². The van der Waals surface area contributed by atoms with E-state index in [9.17, 15) is 9.18 Å². The van der Waals surface area contributed by atoms with Crippen molar-refractivity contribution in [2.75, 3.05) is 5.32 Å². The van der Waals surface area contributed by atoms with Crippen LogP contribution >= 0.6 is 0 Å². The SMILES string of the molecule is CCC(=O)Nc1nonc1-c1nc2ccccc2n1Cc1cccc(F)c1. The summed E-state index contributed by atoms with van der Waals surface area (Å²) in [5.74, 6) is 0.169. The zero-order valence-corrected chi connectivity index (χ0v) is 14.5. The number of rotatable bonds is 5. The highest BCUT2D eigenvalue weighted by Crippen LogP contribution is 2.29. The number of para-hydroxylation sites is 2. The van der Waals surface area contributed by atoms with Crippen LogP contribution in [0.5, 0.6) is 0 Å². The molecule has 136 valence electrons. The summed E-state index contributed by atoms with van der Waals surface area (Å²) in [6.07, 6.45) is 0.298. The van der Waals surface area contributed by atoms with Gasteiger partial charge >= 0.3 is 0 Å². The number of fused-ring (bicyclic) bond motifs is 1. The van der Waals surface area contributed by atoms with Crippen LogP contribution in [-0.4, -0.2) is 25.8 Å². The molecule has 27 heavy (non-hydrogen) atoms. The summed E-state index contributed by atoms with van der Waals surface area (Å²) in [5, 5.41) is 10.4. The fourth-order valence-electron chi connectivity index (χ4n) is 2.87. The molecule has 0 aliphatic heterocycles. The minimum absolute atomic E-state index is 0.206. The van der Waals surface area contributed by atoms with Gasteiger partial charge in [-0.05, 0) is 40.1 Å². The molecule has 0 saturated heterocycles. The number of aromatic nitrogens is 4. The molecule has 2 aromatic heterocycles. The van der Waals surface area contributed by atoms with Crippen LogP contribution in [0.1, 0.15) is 18.9 Å². The summed E-state index contributed by atoms with van der Waals surface area (Å²) in [4.78, 5) is 16.4. The van der Waals surface area contributed by atoms with E-state index in [-0.39, 0.29) is 17.5 Å². The van der Waals surface area contributed by atoms with E-state index >= 15 is 0 Å². The number of amides is 1. The predicted octanol–water partition coefficient (Wildman–Crippen LogP) is 3.62. The normalized spacial score (nSPS) is 11.0. The zero-order valence-electron chi connectivity index (χ0n) is 14.5. The van der Waals surface area contributed by atoms with Crippen LogP contribution in [-0.2, 0) is 11.3 Å². The number of anilines is 1. The fourth-order valence-corrected chi connectivity index (χ4v) is 2.87. The maximum Gasteiger partial charge on any atom is 0.225 e. The molecule has 2 aromatic carbocycles. The maximum absolute atomic E-state index is 13.6. The van der Waals surface area contributed by atoms with E-state index in [2.05, 4.69) is 20.6 Å². The Morgan fingerprint density at radius 1 is 1.19 bits per heavy atom. The molecule has 7 nitrogen and oxygen atoms in total. The van der Waals surface area contributed by atoms with E-state index in [0.29, 0.717) is 24.5 Å². The second kappa shape index (κ2) is 6.99. The van der Waals surface area contributed by atoms with Crippen molar-refractivity contribution in [1.29, 1.82) is 0 Å². The number of nitrogens with one attached hydrogen (secondary N) is 1. The lowest BCUT2D eigenvalue weighted by molar-refractivity contribution is -0.115. The Balaban J connectivity index is 1.84. The van der Waals surface area contributed by atoms with Gasteiger partial charge in [0.05, 0.1) is 11.0 Å². The first kappa shape index (κ1) is 16.9. The first-order chi connectivity index (χ1) is 13.2. The van der Waals surface area contributed by atoms with Gasteiger partial charge in [-0.3, -0.25) is 4.79 Å². The number of imidazole rings is 1. The molecule has 0 saturated carbocycles. The Morgan fingerprint density at radius 3 is 2.85 bits per heavy atom. The van der Waals surface area contributed by atoms with Gasteiger partial charge in [0, 0.05) is 13.0 Å². The third-order valence-electron chi connectivity index (χ3n) is 4.16. The number of carbonyl (C=O) groups excluding carboxylic acids is 1. The first-order valence-corrected chi connectivity index (χ1v) is 8.48. The van der Waals surface area contributed by atoms with Crippen molar-refractivity contribution in [3.8, 4) is 11.5 Å². The monoisotopic (exact) mass is 365 g/mol. The molecule has 0 spiro atoms. The van der Waals surface area contributed by atoms with Gasteiger partial charge in [0.15, 0.2) is 11.5 Å². The number of hydrogen-bond donors (Lipinski definition) is 1. The third kappa shape index (κ3) is 3.29. The van der Waals surface area contributed by atoms with Crippen LogP contribution < -0.4 is 5.32 Å². The molecule has 0 aliphatic rings. The lowest BCUT2D eigenvalue weighted by atomic mass is 10.2. The Hall–Kier alpha value is -3.55. The lowest BCUT2D eigenvalue weighted by Gasteiger charge is -2.09. The topological polar surface area (TPSA) is 85.8 Å². The summed E-state index contributed by atoms with van der Waals surface area (Å²) in [7, 11) is 0. The smallest absolute Gasteiger partial charge is 0.225 e. The number of benzene rings is 2. The highest BCUT2D eigenvalue weighted by Gasteiger charge is 2.21. The molecular weight excluding hydrogens is 349 g/mol. The Labute approximate surface area is 153 Å². The van der Waals surface area contributed by atoms with Gasteiger partial charge in [0.25, 0.3) is 0 Å². The molecular formula is C19H16FN5O2. The maximum atomic E-state index is 13.6. The van der Waals surface area contributed by atoms with Crippen LogP contribution in [0.15, 0.2) is 53.2 Å². The van der Waals surface area contributed by atoms with Crippen LogP contribution in [0, 0.1) is 5.82 Å². The predicted molar refractivity (Wildman–Crippen MR) is 97.4 cm³/mol. The minimum Gasteiger partial charge on any atom is -0.318 e. The molecule has 0 aliphatic carbocycles. The highest BCUT2D eigenvalue weighted by atomic mass is 19.1. The number of carbonyl (C=O) groups is 1. The molecule has 0 unspecified atom stereocenters. The lowest BCUT2D eigenvalue weighted by Crippen LogP contribution is -2.11. The number of hydrogen-bond acceptors (Lipinski definition) is 5. The molecule has 4 aromatic rings. The minimum atomic E-state index is -0.308. The van der Waals surface area contributed by atoms with Crippen molar-refractivity contribution in [3.05, 3.63) is 59.9 Å².